The van der Waals surface area contributed by atoms with Gasteiger partial charge in [-0.2, -0.15) is 0 Å². The summed E-state index contributed by atoms with van der Waals surface area (Å²) in [5.41, 5.74) is 0.910. The fourth-order valence-corrected chi connectivity index (χ4v) is 1.45. The number of hydrogen-bond acceptors (Lipinski definition) is 3. The number of hydrogen-bond donors (Lipinski definition) is 2. The van der Waals surface area contributed by atoms with Crippen LogP contribution in [0.4, 0.5) is 4.79 Å². The lowest BCUT2D eigenvalue weighted by Crippen LogP contribution is -2.42. The molecule has 0 aliphatic heterocycles. The molecule has 5 heteroatoms. The van der Waals surface area contributed by atoms with Gasteiger partial charge in [-0.15, -0.1) is 11.6 Å². The van der Waals surface area contributed by atoms with E-state index in [1.54, 1.807) is 6.92 Å². The van der Waals surface area contributed by atoms with Gasteiger partial charge in [-0.05, 0) is 12.5 Å². The third-order valence-corrected chi connectivity index (χ3v) is 2.61. The Morgan fingerprint density at radius 1 is 1.47 bits per heavy atom. The topological polar surface area (TPSA) is 58.6 Å². The Labute approximate surface area is 106 Å². The molecular formula is C12H16ClNO3. The van der Waals surface area contributed by atoms with Crippen LogP contribution < -0.4 is 5.32 Å². The maximum Gasteiger partial charge on any atom is 0.407 e. The van der Waals surface area contributed by atoms with Crippen LogP contribution in [-0.2, 0) is 11.3 Å². The summed E-state index contributed by atoms with van der Waals surface area (Å²) in [5, 5.41) is 11.9. The van der Waals surface area contributed by atoms with Gasteiger partial charge in [-0.1, -0.05) is 30.3 Å². The third-order valence-electron chi connectivity index (χ3n) is 2.29. The van der Waals surface area contributed by atoms with Crippen LogP contribution in [0.15, 0.2) is 30.3 Å². The van der Waals surface area contributed by atoms with Crippen molar-refractivity contribution >= 4 is 17.7 Å². The molecule has 0 aromatic heterocycles. The molecular weight excluding hydrogens is 242 g/mol. The van der Waals surface area contributed by atoms with Gasteiger partial charge in [0, 0.05) is 0 Å². The maximum absolute atomic E-state index is 11.4. The van der Waals surface area contributed by atoms with E-state index in [-0.39, 0.29) is 12.5 Å². The first-order valence-electron chi connectivity index (χ1n) is 5.34. The second-order valence-corrected chi connectivity index (χ2v) is 4.03. The average molecular weight is 258 g/mol. The predicted molar refractivity (Wildman–Crippen MR) is 66.0 cm³/mol. The van der Waals surface area contributed by atoms with Crippen LogP contribution in [0.25, 0.3) is 0 Å². The molecule has 0 aliphatic carbocycles. The van der Waals surface area contributed by atoms with Crippen LogP contribution in [-0.4, -0.2) is 29.2 Å². The molecule has 17 heavy (non-hydrogen) atoms. The zero-order valence-electron chi connectivity index (χ0n) is 9.60. The van der Waals surface area contributed by atoms with E-state index in [4.69, 9.17) is 16.3 Å². The van der Waals surface area contributed by atoms with E-state index in [0.29, 0.717) is 0 Å². The number of halogens is 1. The molecule has 2 N–H and O–H groups in total. The van der Waals surface area contributed by atoms with Crippen molar-refractivity contribution < 1.29 is 14.6 Å². The standard InChI is InChI=1S/C12H16ClNO3/c1-9(11(15)7-13)14-12(16)17-8-10-5-3-2-4-6-10/h2-6,9,11,15H,7-8H2,1H3,(H,14,16)/t9-,11+/m0/s1. The van der Waals surface area contributed by atoms with Gasteiger partial charge in [0.15, 0.2) is 0 Å². The maximum atomic E-state index is 11.4. The van der Waals surface area contributed by atoms with Crippen molar-refractivity contribution in [3.8, 4) is 0 Å². The normalized spacial score (nSPS) is 13.8. The first kappa shape index (κ1) is 13.8. The average Bonchev–Trinajstić information content (AvgIpc) is 2.36. The van der Waals surface area contributed by atoms with Crippen LogP contribution in [0.3, 0.4) is 0 Å². The molecule has 94 valence electrons. The molecule has 0 heterocycles. The number of nitrogens with one attached hydrogen (secondary N) is 1. The van der Waals surface area contributed by atoms with Crippen molar-refractivity contribution in [2.45, 2.75) is 25.7 Å². The monoisotopic (exact) mass is 257 g/mol. The predicted octanol–water partition coefficient (Wildman–Crippen LogP) is 1.90. The molecule has 1 amide bonds. The van der Waals surface area contributed by atoms with Crippen LogP contribution in [0.1, 0.15) is 12.5 Å². The zero-order valence-corrected chi connectivity index (χ0v) is 10.4. The summed E-state index contributed by atoms with van der Waals surface area (Å²) in [7, 11) is 0. The van der Waals surface area contributed by atoms with Gasteiger partial charge >= 0.3 is 6.09 Å². The summed E-state index contributed by atoms with van der Waals surface area (Å²) in [6, 6.07) is 8.93. The summed E-state index contributed by atoms with van der Waals surface area (Å²) in [6.07, 6.45) is -1.34. The van der Waals surface area contributed by atoms with E-state index in [2.05, 4.69) is 5.32 Å². The minimum absolute atomic E-state index is 0.0696. The molecule has 0 aliphatic rings. The molecule has 0 saturated carbocycles. The van der Waals surface area contributed by atoms with Crippen LogP contribution in [0.2, 0.25) is 0 Å². The lowest BCUT2D eigenvalue weighted by atomic mass is 10.2. The van der Waals surface area contributed by atoms with Gasteiger partial charge in [0.05, 0.1) is 18.0 Å². The molecule has 1 rings (SSSR count). The van der Waals surface area contributed by atoms with Crippen LogP contribution in [0, 0.1) is 0 Å². The number of rotatable bonds is 5. The molecule has 0 fully saturated rings. The van der Waals surface area contributed by atoms with Crippen molar-refractivity contribution in [1.29, 1.82) is 0 Å². The number of aliphatic hydroxyl groups excluding tert-OH is 1. The Morgan fingerprint density at radius 2 is 2.12 bits per heavy atom. The van der Waals surface area contributed by atoms with Crippen LogP contribution in [0.5, 0.6) is 0 Å². The lowest BCUT2D eigenvalue weighted by molar-refractivity contribution is 0.115. The van der Waals surface area contributed by atoms with Crippen LogP contribution >= 0.6 is 11.6 Å². The number of aliphatic hydroxyl groups is 1. The molecule has 1 aromatic rings. The third kappa shape index (κ3) is 5.06. The first-order valence-corrected chi connectivity index (χ1v) is 5.88. The van der Waals surface area contributed by atoms with E-state index in [0.717, 1.165) is 5.56 Å². The highest BCUT2D eigenvalue weighted by Crippen LogP contribution is 2.01. The Kier molecular flexibility index (Phi) is 5.80. The number of alkyl carbamates (subject to hydrolysis) is 1. The highest BCUT2D eigenvalue weighted by atomic mass is 35.5. The molecule has 0 saturated heterocycles. The summed E-state index contributed by atoms with van der Waals surface area (Å²) < 4.78 is 4.99. The highest BCUT2D eigenvalue weighted by molar-refractivity contribution is 6.18. The second kappa shape index (κ2) is 7.14. The number of amides is 1. The summed E-state index contributed by atoms with van der Waals surface area (Å²) >= 11 is 5.46. The molecule has 0 unspecified atom stereocenters. The van der Waals surface area contributed by atoms with E-state index in [1.807, 2.05) is 30.3 Å². The SMILES string of the molecule is C[C@H](NC(=O)OCc1ccccc1)[C@H](O)CCl. The second-order valence-electron chi connectivity index (χ2n) is 3.72. The number of carbonyl (C=O) groups is 1. The Balaban J connectivity index is 2.31. The summed E-state index contributed by atoms with van der Waals surface area (Å²) in [5.74, 6) is 0.0696. The lowest BCUT2D eigenvalue weighted by Gasteiger charge is -2.17. The van der Waals surface area contributed by atoms with Crippen molar-refractivity contribution in [3.63, 3.8) is 0 Å². The molecule has 2 atom stereocenters. The fraction of sp³-hybridized carbons (Fsp3) is 0.417. The van der Waals surface area contributed by atoms with Crippen molar-refractivity contribution in [3.05, 3.63) is 35.9 Å². The minimum Gasteiger partial charge on any atom is -0.445 e. The van der Waals surface area contributed by atoms with E-state index in [9.17, 15) is 9.90 Å². The molecule has 1 aromatic carbocycles. The first-order chi connectivity index (χ1) is 8.13. The highest BCUT2D eigenvalue weighted by Gasteiger charge is 2.15. The molecule has 0 radical (unpaired) electrons. The van der Waals surface area contributed by atoms with Gasteiger partial charge < -0.3 is 15.2 Å². The van der Waals surface area contributed by atoms with E-state index < -0.39 is 18.2 Å². The summed E-state index contributed by atoms with van der Waals surface area (Å²) in [6.45, 7) is 1.87. The van der Waals surface area contributed by atoms with Crippen molar-refractivity contribution in [2.75, 3.05) is 5.88 Å². The number of benzene rings is 1. The number of alkyl halides is 1. The number of carbonyl (C=O) groups excluding carboxylic acids is 1. The smallest absolute Gasteiger partial charge is 0.407 e. The fourth-order valence-electron chi connectivity index (χ4n) is 1.18. The van der Waals surface area contributed by atoms with E-state index >= 15 is 0 Å². The summed E-state index contributed by atoms with van der Waals surface area (Å²) in [4.78, 5) is 11.4. The minimum atomic E-state index is -0.777. The van der Waals surface area contributed by atoms with Gasteiger partial charge in [0.25, 0.3) is 0 Å². The zero-order chi connectivity index (χ0) is 12.7. The molecule has 0 bridgehead atoms. The van der Waals surface area contributed by atoms with Crippen molar-refractivity contribution in [2.24, 2.45) is 0 Å². The molecule has 4 nitrogen and oxygen atoms in total. The van der Waals surface area contributed by atoms with Gasteiger partial charge in [-0.3, -0.25) is 0 Å². The van der Waals surface area contributed by atoms with E-state index in [1.165, 1.54) is 0 Å². The largest absolute Gasteiger partial charge is 0.445 e. The van der Waals surface area contributed by atoms with Gasteiger partial charge in [0.2, 0.25) is 0 Å². The Hall–Kier alpha value is -1.26. The molecule has 0 spiro atoms. The van der Waals surface area contributed by atoms with Gasteiger partial charge in [-0.25, -0.2) is 4.79 Å². The number of ether oxygens (including phenoxy) is 1. The quantitative estimate of drug-likeness (QED) is 0.792. The Bertz CT molecular complexity index is 345. The van der Waals surface area contributed by atoms with Crippen molar-refractivity contribution in [1.82, 2.24) is 5.32 Å². The Morgan fingerprint density at radius 3 is 2.71 bits per heavy atom. The van der Waals surface area contributed by atoms with Gasteiger partial charge in [0.1, 0.15) is 6.61 Å².